The normalized spacial score (nSPS) is 11.0. The number of halogens is 1. The maximum atomic E-state index is 12.4. The molecule has 0 fully saturated rings. The highest BCUT2D eigenvalue weighted by atomic mass is 79.9. The average Bonchev–Trinajstić information content (AvgIpc) is 3.03. The van der Waals surface area contributed by atoms with Crippen molar-refractivity contribution in [3.8, 4) is 0 Å². The minimum atomic E-state index is -0.0219. The van der Waals surface area contributed by atoms with Crippen molar-refractivity contribution >= 4 is 43.4 Å². The van der Waals surface area contributed by atoms with Crippen molar-refractivity contribution in [2.75, 3.05) is 6.54 Å². The third-order valence-electron chi connectivity index (χ3n) is 3.74. The summed E-state index contributed by atoms with van der Waals surface area (Å²) >= 11 is 5.26. The molecule has 0 saturated carbocycles. The van der Waals surface area contributed by atoms with Gasteiger partial charge < -0.3 is 9.88 Å². The quantitative estimate of drug-likeness (QED) is 0.710. The molecule has 3 rings (SSSR count). The summed E-state index contributed by atoms with van der Waals surface area (Å²) in [5.74, 6) is -0.0219. The average molecular weight is 377 g/mol. The molecular formula is C17H17BrN2OS. The van der Waals surface area contributed by atoms with E-state index < -0.39 is 0 Å². The molecule has 0 radical (unpaired) electrons. The molecule has 2 heterocycles. The second-order valence-corrected chi connectivity index (χ2v) is 6.96. The molecule has 1 amide bonds. The second kappa shape index (κ2) is 6.26. The maximum Gasteiger partial charge on any atom is 0.267 e. The Morgan fingerprint density at radius 3 is 2.86 bits per heavy atom. The number of thiophene rings is 1. The predicted molar refractivity (Wildman–Crippen MR) is 95.8 cm³/mol. The third kappa shape index (κ3) is 2.71. The molecule has 1 N–H and O–H groups in total. The van der Waals surface area contributed by atoms with Crippen LogP contribution in [0.2, 0.25) is 0 Å². The number of hydrogen-bond donors (Lipinski definition) is 1. The zero-order valence-electron chi connectivity index (χ0n) is 12.5. The lowest BCUT2D eigenvalue weighted by Crippen LogP contribution is -2.25. The Morgan fingerprint density at radius 2 is 2.14 bits per heavy atom. The van der Waals surface area contributed by atoms with E-state index in [1.54, 1.807) is 11.3 Å². The van der Waals surface area contributed by atoms with Crippen LogP contribution in [0.5, 0.6) is 0 Å². The number of amides is 1. The molecule has 22 heavy (non-hydrogen) atoms. The van der Waals surface area contributed by atoms with E-state index in [2.05, 4.69) is 50.3 Å². The molecule has 0 saturated heterocycles. The zero-order valence-corrected chi connectivity index (χ0v) is 14.9. The van der Waals surface area contributed by atoms with Crippen molar-refractivity contribution in [2.45, 2.75) is 20.4 Å². The third-order valence-corrected chi connectivity index (χ3v) is 5.56. The molecule has 2 aromatic heterocycles. The summed E-state index contributed by atoms with van der Waals surface area (Å²) in [6.45, 7) is 5.36. The molecule has 5 heteroatoms. The molecular weight excluding hydrogens is 360 g/mol. The SMILES string of the molecule is CCNC(=O)c1cc2scc(Br)c2n1Cc1ccccc1C. The fourth-order valence-electron chi connectivity index (χ4n) is 2.59. The largest absolute Gasteiger partial charge is 0.351 e. The van der Waals surface area contributed by atoms with Crippen LogP contribution in [0.4, 0.5) is 0 Å². The van der Waals surface area contributed by atoms with E-state index in [1.807, 2.05) is 25.1 Å². The molecule has 0 atom stereocenters. The van der Waals surface area contributed by atoms with E-state index in [0.29, 0.717) is 18.8 Å². The summed E-state index contributed by atoms with van der Waals surface area (Å²) in [5.41, 5.74) is 4.27. The van der Waals surface area contributed by atoms with Crippen molar-refractivity contribution in [3.05, 3.63) is 57.0 Å². The molecule has 3 aromatic rings. The topological polar surface area (TPSA) is 34.0 Å². The number of carbonyl (C=O) groups is 1. The number of benzene rings is 1. The first-order valence-corrected chi connectivity index (χ1v) is 8.88. The van der Waals surface area contributed by atoms with Crippen molar-refractivity contribution in [1.29, 1.82) is 0 Å². The van der Waals surface area contributed by atoms with Gasteiger partial charge in [0.2, 0.25) is 0 Å². The fraction of sp³-hybridized carbons (Fsp3) is 0.235. The Kier molecular flexibility index (Phi) is 4.36. The Bertz CT molecular complexity index is 834. The Balaban J connectivity index is 2.13. The lowest BCUT2D eigenvalue weighted by molar-refractivity contribution is 0.0947. The van der Waals surface area contributed by atoms with Crippen molar-refractivity contribution in [1.82, 2.24) is 9.88 Å². The molecule has 1 aromatic carbocycles. The van der Waals surface area contributed by atoms with Crippen LogP contribution in [-0.4, -0.2) is 17.0 Å². The molecule has 0 aliphatic carbocycles. The van der Waals surface area contributed by atoms with Gasteiger partial charge >= 0.3 is 0 Å². The first kappa shape index (κ1) is 15.3. The number of fused-ring (bicyclic) bond motifs is 1. The number of aryl methyl sites for hydroxylation is 1. The monoisotopic (exact) mass is 376 g/mol. The van der Waals surface area contributed by atoms with E-state index >= 15 is 0 Å². The standard InChI is InChI=1S/C17H17BrN2OS/c1-3-19-17(21)14-8-15-16(13(18)10-22-15)20(14)9-12-7-5-4-6-11(12)2/h4-8,10H,3,9H2,1-2H3,(H,19,21). The zero-order chi connectivity index (χ0) is 15.7. The van der Waals surface area contributed by atoms with Crippen LogP contribution in [-0.2, 0) is 6.54 Å². The van der Waals surface area contributed by atoms with Gasteiger partial charge in [-0.15, -0.1) is 11.3 Å². The molecule has 0 aliphatic heterocycles. The van der Waals surface area contributed by atoms with Crippen molar-refractivity contribution in [2.24, 2.45) is 0 Å². The number of carbonyl (C=O) groups excluding carboxylic acids is 1. The minimum Gasteiger partial charge on any atom is -0.351 e. The molecule has 0 aliphatic rings. The number of aromatic nitrogens is 1. The Labute approximate surface area is 142 Å². The number of rotatable bonds is 4. The van der Waals surface area contributed by atoms with Gasteiger partial charge in [-0.05, 0) is 47.0 Å². The van der Waals surface area contributed by atoms with Crippen LogP contribution in [0.25, 0.3) is 10.2 Å². The lowest BCUT2D eigenvalue weighted by atomic mass is 10.1. The van der Waals surface area contributed by atoms with Gasteiger partial charge in [0.15, 0.2) is 0 Å². The van der Waals surface area contributed by atoms with E-state index in [9.17, 15) is 4.79 Å². The van der Waals surface area contributed by atoms with Gasteiger partial charge in [-0.1, -0.05) is 24.3 Å². The van der Waals surface area contributed by atoms with Crippen molar-refractivity contribution in [3.63, 3.8) is 0 Å². The molecule has 0 bridgehead atoms. The predicted octanol–water partition coefficient (Wildman–Crippen LogP) is 4.57. The number of nitrogens with one attached hydrogen (secondary N) is 1. The summed E-state index contributed by atoms with van der Waals surface area (Å²) in [5, 5.41) is 4.97. The number of hydrogen-bond acceptors (Lipinski definition) is 2. The highest BCUT2D eigenvalue weighted by molar-refractivity contribution is 9.10. The molecule has 3 nitrogen and oxygen atoms in total. The molecule has 0 unspecified atom stereocenters. The summed E-state index contributed by atoms with van der Waals surface area (Å²) in [6, 6.07) is 10.3. The van der Waals surface area contributed by atoms with Crippen LogP contribution >= 0.6 is 27.3 Å². The van der Waals surface area contributed by atoms with Gasteiger partial charge in [-0.25, -0.2) is 0 Å². The summed E-state index contributed by atoms with van der Waals surface area (Å²) < 4.78 is 4.27. The lowest BCUT2D eigenvalue weighted by Gasteiger charge is -2.12. The van der Waals surface area contributed by atoms with Crippen LogP contribution in [0, 0.1) is 6.92 Å². The minimum absolute atomic E-state index is 0.0219. The number of nitrogens with zero attached hydrogens (tertiary/aromatic N) is 1. The van der Waals surface area contributed by atoms with Gasteiger partial charge in [0, 0.05) is 18.5 Å². The summed E-state index contributed by atoms with van der Waals surface area (Å²) in [4.78, 5) is 12.4. The Hall–Kier alpha value is -1.59. The second-order valence-electron chi connectivity index (χ2n) is 5.20. The first-order chi connectivity index (χ1) is 10.6. The van der Waals surface area contributed by atoms with Crippen LogP contribution in [0.3, 0.4) is 0 Å². The van der Waals surface area contributed by atoms with Crippen LogP contribution in [0.15, 0.2) is 40.2 Å². The van der Waals surface area contributed by atoms with Crippen LogP contribution in [0.1, 0.15) is 28.5 Å². The van der Waals surface area contributed by atoms with Gasteiger partial charge in [0.1, 0.15) is 5.69 Å². The van der Waals surface area contributed by atoms with E-state index in [-0.39, 0.29) is 5.91 Å². The van der Waals surface area contributed by atoms with E-state index in [0.717, 1.165) is 14.7 Å². The van der Waals surface area contributed by atoms with Gasteiger partial charge in [-0.3, -0.25) is 4.79 Å². The fourth-order valence-corrected chi connectivity index (χ4v) is 4.29. The Morgan fingerprint density at radius 1 is 1.36 bits per heavy atom. The van der Waals surface area contributed by atoms with Crippen LogP contribution < -0.4 is 5.32 Å². The van der Waals surface area contributed by atoms with E-state index in [1.165, 1.54) is 11.1 Å². The molecule has 0 spiro atoms. The first-order valence-electron chi connectivity index (χ1n) is 7.20. The van der Waals surface area contributed by atoms with E-state index in [4.69, 9.17) is 0 Å². The highest BCUT2D eigenvalue weighted by Crippen LogP contribution is 2.34. The maximum absolute atomic E-state index is 12.4. The highest BCUT2D eigenvalue weighted by Gasteiger charge is 2.18. The van der Waals surface area contributed by atoms with Gasteiger partial charge in [0.25, 0.3) is 5.91 Å². The van der Waals surface area contributed by atoms with Gasteiger partial charge in [0.05, 0.1) is 14.7 Å². The summed E-state index contributed by atoms with van der Waals surface area (Å²) in [7, 11) is 0. The summed E-state index contributed by atoms with van der Waals surface area (Å²) in [6.07, 6.45) is 0. The van der Waals surface area contributed by atoms with Gasteiger partial charge in [-0.2, -0.15) is 0 Å². The smallest absolute Gasteiger partial charge is 0.267 e. The van der Waals surface area contributed by atoms with Crippen molar-refractivity contribution < 1.29 is 4.79 Å². The molecule has 114 valence electrons.